The van der Waals surface area contributed by atoms with E-state index in [4.69, 9.17) is 5.73 Å². The quantitative estimate of drug-likeness (QED) is 0.840. The molecule has 2 rings (SSSR count). The van der Waals surface area contributed by atoms with Gasteiger partial charge in [0.05, 0.1) is 5.56 Å². The first-order valence-electron chi connectivity index (χ1n) is 6.66. The van der Waals surface area contributed by atoms with Gasteiger partial charge in [-0.1, -0.05) is 26.0 Å². The zero-order valence-corrected chi connectivity index (χ0v) is 12.2. The van der Waals surface area contributed by atoms with Gasteiger partial charge in [0.2, 0.25) is 0 Å². The number of carbonyl (C=O) groups excluding carboxylic acids is 1. The largest absolute Gasteiger partial charge is 0.398 e. The Kier molecular flexibility index (Phi) is 3.54. The maximum absolute atomic E-state index is 12.6. The molecule has 4 heteroatoms. The van der Waals surface area contributed by atoms with Gasteiger partial charge in [0.1, 0.15) is 0 Å². The third-order valence-corrected chi connectivity index (χ3v) is 3.73. The summed E-state index contributed by atoms with van der Waals surface area (Å²) < 4.78 is 0. The zero-order chi connectivity index (χ0) is 14.2. The number of nitrogen functional groups attached to an aromatic ring is 1. The van der Waals surface area contributed by atoms with E-state index in [0.717, 1.165) is 25.2 Å². The Bertz CT molecular complexity index is 494. The molecule has 0 aliphatic carbocycles. The van der Waals surface area contributed by atoms with Crippen LogP contribution in [0.5, 0.6) is 0 Å². The molecule has 0 aromatic heterocycles. The number of likely N-dealkylation sites (N-methyl/N-ethyl adjacent to an activating group) is 1. The maximum atomic E-state index is 12.6. The number of benzene rings is 1. The minimum Gasteiger partial charge on any atom is -0.398 e. The van der Waals surface area contributed by atoms with Crippen LogP contribution in [0.3, 0.4) is 0 Å². The third kappa shape index (κ3) is 2.59. The van der Waals surface area contributed by atoms with E-state index in [1.54, 1.807) is 0 Å². The molecule has 0 unspecified atom stereocenters. The van der Waals surface area contributed by atoms with Gasteiger partial charge >= 0.3 is 0 Å². The monoisotopic (exact) mass is 261 g/mol. The fourth-order valence-corrected chi connectivity index (χ4v) is 2.67. The molecule has 19 heavy (non-hydrogen) atoms. The van der Waals surface area contributed by atoms with Crippen molar-refractivity contribution in [2.24, 2.45) is 0 Å². The van der Waals surface area contributed by atoms with Crippen LogP contribution in [0.1, 0.15) is 29.8 Å². The number of nitrogens with zero attached hydrogens (tertiary/aromatic N) is 2. The van der Waals surface area contributed by atoms with E-state index in [0.29, 0.717) is 11.3 Å². The number of carbonyl (C=O) groups is 1. The minimum absolute atomic E-state index is 0.0507. The molecule has 1 heterocycles. The van der Waals surface area contributed by atoms with Crippen LogP contribution in [0, 0.1) is 0 Å². The molecule has 1 aromatic rings. The van der Waals surface area contributed by atoms with Crippen LogP contribution in [-0.4, -0.2) is 49.4 Å². The van der Waals surface area contributed by atoms with E-state index in [2.05, 4.69) is 18.7 Å². The number of anilines is 1. The summed E-state index contributed by atoms with van der Waals surface area (Å²) in [6, 6.07) is 5.76. The van der Waals surface area contributed by atoms with Gasteiger partial charge in [-0.05, 0) is 25.7 Å². The highest BCUT2D eigenvalue weighted by atomic mass is 16.2. The Labute approximate surface area is 115 Å². The Morgan fingerprint density at radius 2 is 2.05 bits per heavy atom. The number of rotatable bonds is 3. The molecule has 0 saturated heterocycles. The Morgan fingerprint density at radius 3 is 2.68 bits per heavy atom. The van der Waals surface area contributed by atoms with Crippen LogP contribution in [0.2, 0.25) is 0 Å². The fourth-order valence-electron chi connectivity index (χ4n) is 2.67. The lowest BCUT2D eigenvalue weighted by atomic mass is 9.77. The molecule has 1 aliphatic rings. The molecule has 0 radical (unpaired) electrons. The lowest BCUT2D eigenvalue weighted by molar-refractivity contribution is 0.0677. The highest BCUT2D eigenvalue weighted by Gasteiger charge is 2.37. The maximum Gasteiger partial charge on any atom is 0.256 e. The second-order valence-electron chi connectivity index (χ2n) is 6.18. The summed E-state index contributed by atoms with van der Waals surface area (Å²) in [5, 5.41) is 0. The van der Waals surface area contributed by atoms with E-state index < -0.39 is 0 Å². The number of hydrogen-bond acceptors (Lipinski definition) is 3. The van der Waals surface area contributed by atoms with E-state index in [-0.39, 0.29) is 11.3 Å². The van der Waals surface area contributed by atoms with Gasteiger partial charge in [-0.3, -0.25) is 4.79 Å². The number of nitrogens with two attached hydrogens (primary N) is 1. The predicted octanol–water partition coefficient (Wildman–Crippen LogP) is 1.56. The van der Waals surface area contributed by atoms with Crippen molar-refractivity contribution in [1.29, 1.82) is 0 Å². The first-order chi connectivity index (χ1) is 8.83. The fraction of sp³-hybridized carbons (Fsp3) is 0.533. The smallest absolute Gasteiger partial charge is 0.256 e. The van der Waals surface area contributed by atoms with Crippen LogP contribution < -0.4 is 5.73 Å². The van der Waals surface area contributed by atoms with Gasteiger partial charge in [-0.2, -0.15) is 0 Å². The van der Waals surface area contributed by atoms with Crippen molar-refractivity contribution in [3.05, 3.63) is 29.3 Å². The molecule has 104 valence electrons. The number of fused-ring (bicyclic) bond motifs is 1. The molecule has 1 aliphatic heterocycles. The topological polar surface area (TPSA) is 49.6 Å². The molecule has 0 bridgehead atoms. The molecule has 1 aromatic carbocycles. The van der Waals surface area contributed by atoms with E-state index in [1.165, 1.54) is 0 Å². The number of amides is 1. The highest BCUT2D eigenvalue weighted by Crippen LogP contribution is 2.35. The van der Waals surface area contributed by atoms with E-state index in [9.17, 15) is 4.79 Å². The molecular formula is C15H23N3O. The van der Waals surface area contributed by atoms with Crippen molar-refractivity contribution in [2.75, 3.05) is 39.5 Å². The molecule has 2 N–H and O–H groups in total. The first-order valence-corrected chi connectivity index (χ1v) is 6.66. The second kappa shape index (κ2) is 4.85. The Hall–Kier alpha value is -1.55. The molecule has 4 nitrogen and oxygen atoms in total. The van der Waals surface area contributed by atoms with Gasteiger partial charge in [0.25, 0.3) is 5.91 Å². The van der Waals surface area contributed by atoms with Crippen molar-refractivity contribution in [3.63, 3.8) is 0 Å². The standard InChI is InChI=1S/C15H23N3O/c1-15(2)10-18(9-8-17(3)4)14(19)13-11(15)6-5-7-12(13)16/h5-7H,8-10,16H2,1-4H3. The van der Waals surface area contributed by atoms with Crippen molar-refractivity contribution < 1.29 is 4.79 Å². The lowest BCUT2D eigenvalue weighted by Gasteiger charge is -2.40. The SMILES string of the molecule is CN(C)CCN1CC(C)(C)c2cccc(N)c2C1=O. The van der Waals surface area contributed by atoms with Crippen molar-refractivity contribution >= 4 is 11.6 Å². The summed E-state index contributed by atoms with van der Waals surface area (Å²) in [6.07, 6.45) is 0. The summed E-state index contributed by atoms with van der Waals surface area (Å²) in [5.41, 5.74) is 8.31. The molecule has 0 atom stereocenters. The van der Waals surface area contributed by atoms with E-state index >= 15 is 0 Å². The van der Waals surface area contributed by atoms with Crippen molar-refractivity contribution in [3.8, 4) is 0 Å². The summed E-state index contributed by atoms with van der Waals surface area (Å²) in [6.45, 7) is 6.68. The predicted molar refractivity (Wildman–Crippen MR) is 78.3 cm³/mol. The van der Waals surface area contributed by atoms with Crippen LogP contribution in [0.25, 0.3) is 0 Å². The normalized spacial score (nSPS) is 17.7. The number of hydrogen-bond donors (Lipinski definition) is 1. The molecule has 0 saturated carbocycles. The van der Waals surface area contributed by atoms with Gasteiger partial charge in [0, 0.05) is 30.7 Å². The first kappa shape index (κ1) is 13.9. The summed E-state index contributed by atoms with van der Waals surface area (Å²) in [4.78, 5) is 16.6. The van der Waals surface area contributed by atoms with E-state index in [1.807, 2.05) is 37.2 Å². The van der Waals surface area contributed by atoms with Gasteiger partial charge < -0.3 is 15.5 Å². The lowest BCUT2D eigenvalue weighted by Crippen LogP contribution is -2.49. The molecule has 1 amide bonds. The van der Waals surface area contributed by atoms with Crippen LogP contribution in [0.4, 0.5) is 5.69 Å². The molecule has 0 fully saturated rings. The van der Waals surface area contributed by atoms with Crippen LogP contribution in [-0.2, 0) is 5.41 Å². The average Bonchev–Trinajstić information content (AvgIpc) is 2.32. The van der Waals surface area contributed by atoms with Gasteiger partial charge in [-0.15, -0.1) is 0 Å². The Balaban J connectivity index is 2.36. The third-order valence-electron chi connectivity index (χ3n) is 3.73. The average molecular weight is 261 g/mol. The second-order valence-corrected chi connectivity index (χ2v) is 6.18. The highest BCUT2D eigenvalue weighted by molar-refractivity contribution is 6.02. The van der Waals surface area contributed by atoms with Gasteiger partial charge in [0.15, 0.2) is 0 Å². The van der Waals surface area contributed by atoms with Crippen molar-refractivity contribution in [1.82, 2.24) is 9.80 Å². The summed E-state index contributed by atoms with van der Waals surface area (Å²) in [7, 11) is 4.03. The summed E-state index contributed by atoms with van der Waals surface area (Å²) >= 11 is 0. The zero-order valence-electron chi connectivity index (χ0n) is 12.2. The van der Waals surface area contributed by atoms with Gasteiger partial charge in [-0.25, -0.2) is 0 Å². The van der Waals surface area contributed by atoms with Crippen molar-refractivity contribution in [2.45, 2.75) is 19.3 Å². The molecule has 0 spiro atoms. The Morgan fingerprint density at radius 1 is 1.37 bits per heavy atom. The molecular weight excluding hydrogens is 238 g/mol. The summed E-state index contributed by atoms with van der Waals surface area (Å²) in [5.74, 6) is 0.0641. The minimum atomic E-state index is -0.0507. The van der Waals surface area contributed by atoms with Crippen LogP contribution >= 0.6 is 0 Å². The van der Waals surface area contributed by atoms with Crippen LogP contribution in [0.15, 0.2) is 18.2 Å².